The number of amides is 2. The van der Waals surface area contributed by atoms with Crippen molar-refractivity contribution in [3.63, 3.8) is 0 Å². The first kappa shape index (κ1) is 11.4. The lowest BCUT2D eigenvalue weighted by Gasteiger charge is -2.16. The Morgan fingerprint density at radius 1 is 1.41 bits per heavy atom. The summed E-state index contributed by atoms with van der Waals surface area (Å²) in [7, 11) is 1.57. The van der Waals surface area contributed by atoms with Crippen LogP contribution < -0.4 is 10.2 Å². The zero-order chi connectivity index (χ0) is 12.4. The molecular weight excluding hydrogens is 220 g/mol. The number of hydrogen-bond donors (Lipinski definition) is 2. The maximum absolute atomic E-state index is 11.8. The first-order valence-electron chi connectivity index (χ1n) is 5.43. The van der Waals surface area contributed by atoms with Crippen molar-refractivity contribution in [2.24, 2.45) is 5.92 Å². The molecule has 0 aliphatic carbocycles. The summed E-state index contributed by atoms with van der Waals surface area (Å²) >= 11 is 0. The van der Waals surface area contributed by atoms with Gasteiger partial charge >= 0.3 is 0 Å². The lowest BCUT2D eigenvalue weighted by Crippen LogP contribution is -2.30. The molecule has 1 unspecified atom stereocenters. The topological polar surface area (TPSA) is 69.6 Å². The van der Waals surface area contributed by atoms with E-state index in [4.69, 9.17) is 0 Å². The van der Waals surface area contributed by atoms with Crippen molar-refractivity contribution in [3.8, 4) is 5.75 Å². The molecule has 1 aromatic carbocycles. The van der Waals surface area contributed by atoms with Gasteiger partial charge in [0.2, 0.25) is 11.8 Å². The van der Waals surface area contributed by atoms with Gasteiger partial charge in [-0.15, -0.1) is 0 Å². The highest BCUT2D eigenvalue weighted by atomic mass is 16.3. The summed E-state index contributed by atoms with van der Waals surface area (Å²) in [4.78, 5) is 24.8. The molecule has 1 aliphatic heterocycles. The zero-order valence-electron chi connectivity index (χ0n) is 9.51. The number of aromatic hydroxyl groups is 1. The van der Waals surface area contributed by atoms with E-state index in [0.29, 0.717) is 12.2 Å². The van der Waals surface area contributed by atoms with Gasteiger partial charge < -0.3 is 15.3 Å². The molecule has 0 aromatic heterocycles. The Balaban J connectivity index is 2.15. The quantitative estimate of drug-likeness (QED) is 0.782. The number of nitrogens with one attached hydrogen (secondary N) is 1. The van der Waals surface area contributed by atoms with Gasteiger partial charge in [0.25, 0.3) is 0 Å². The van der Waals surface area contributed by atoms with Crippen molar-refractivity contribution < 1.29 is 14.7 Å². The van der Waals surface area contributed by atoms with Crippen molar-refractivity contribution in [2.75, 3.05) is 18.5 Å². The monoisotopic (exact) mass is 234 g/mol. The highest BCUT2D eigenvalue weighted by molar-refractivity contribution is 6.00. The van der Waals surface area contributed by atoms with Crippen LogP contribution in [0.3, 0.4) is 0 Å². The fourth-order valence-electron chi connectivity index (χ4n) is 1.97. The molecule has 1 aromatic rings. The van der Waals surface area contributed by atoms with Gasteiger partial charge in [0.05, 0.1) is 5.92 Å². The Morgan fingerprint density at radius 3 is 2.65 bits per heavy atom. The molecule has 2 amide bonds. The van der Waals surface area contributed by atoms with Gasteiger partial charge in [-0.2, -0.15) is 0 Å². The van der Waals surface area contributed by atoms with E-state index in [2.05, 4.69) is 5.32 Å². The Bertz CT molecular complexity index is 442. The highest BCUT2D eigenvalue weighted by Gasteiger charge is 2.34. The van der Waals surface area contributed by atoms with E-state index in [-0.39, 0.29) is 29.9 Å². The van der Waals surface area contributed by atoms with Crippen LogP contribution in [-0.4, -0.2) is 30.5 Å². The van der Waals surface area contributed by atoms with E-state index in [1.165, 1.54) is 12.1 Å². The number of benzene rings is 1. The van der Waals surface area contributed by atoms with Gasteiger partial charge in [0.15, 0.2) is 0 Å². The third-order valence-corrected chi connectivity index (χ3v) is 2.90. The molecule has 1 fully saturated rings. The van der Waals surface area contributed by atoms with Crippen LogP contribution in [0.15, 0.2) is 24.3 Å². The molecular formula is C12H14N2O3. The molecule has 0 radical (unpaired) electrons. The van der Waals surface area contributed by atoms with Crippen LogP contribution in [0, 0.1) is 5.92 Å². The van der Waals surface area contributed by atoms with E-state index >= 15 is 0 Å². The van der Waals surface area contributed by atoms with Crippen LogP contribution in [0.2, 0.25) is 0 Å². The molecule has 5 nitrogen and oxygen atoms in total. The lowest BCUT2D eigenvalue weighted by molar-refractivity contribution is -0.125. The van der Waals surface area contributed by atoms with E-state index in [0.717, 1.165) is 0 Å². The molecule has 1 aliphatic rings. The lowest BCUT2D eigenvalue weighted by atomic mass is 10.1. The van der Waals surface area contributed by atoms with Gasteiger partial charge in [0.1, 0.15) is 5.75 Å². The summed E-state index contributed by atoms with van der Waals surface area (Å²) in [5.74, 6) is -0.312. The third-order valence-electron chi connectivity index (χ3n) is 2.90. The summed E-state index contributed by atoms with van der Waals surface area (Å²) in [6, 6.07) is 6.38. The molecule has 0 spiro atoms. The maximum Gasteiger partial charge on any atom is 0.227 e. The molecule has 1 saturated heterocycles. The van der Waals surface area contributed by atoms with Crippen LogP contribution in [0.5, 0.6) is 5.75 Å². The summed E-state index contributed by atoms with van der Waals surface area (Å²) < 4.78 is 0. The number of carbonyl (C=O) groups is 2. The predicted octanol–water partition coefficient (Wildman–Crippen LogP) is 0.491. The minimum absolute atomic E-state index is 0.0655. The summed E-state index contributed by atoms with van der Waals surface area (Å²) in [5, 5.41) is 11.7. The molecule has 1 atom stereocenters. The van der Waals surface area contributed by atoms with Crippen LogP contribution >= 0.6 is 0 Å². The number of rotatable bonds is 2. The van der Waals surface area contributed by atoms with Gasteiger partial charge in [-0.25, -0.2) is 0 Å². The average Bonchev–Trinajstić information content (AvgIpc) is 2.71. The van der Waals surface area contributed by atoms with Crippen molar-refractivity contribution in [1.82, 2.24) is 5.32 Å². The largest absolute Gasteiger partial charge is 0.508 e. The van der Waals surface area contributed by atoms with E-state index in [9.17, 15) is 14.7 Å². The third kappa shape index (κ3) is 2.22. The highest BCUT2D eigenvalue weighted by Crippen LogP contribution is 2.26. The number of phenols is 1. The molecule has 2 N–H and O–H groups in total. The minimum atomic E-state index is -0.290. The van der Waals surface area contributed by atoms with Crippen molar-refractivity contribution in [2.45, 2.75) is 6.42 Å². The number of hydrogen-bond acceptors (Lipinski definition) is 3. The van der Waals surface area contributed by atoms with Crippen LogP contribution in [0.4, 0.5) is 5.69 Å². The van der Waals surface area contributed by atoms with E-state index < -0.39 is 0 Å². The maximum atomic E-state index is 11.8. The second-order valence-corrected chi connectivity index (χ2v) is 4.04. The Labute approximate surface area is 99.0 Å². The Hall–Kier alpha value is -2.04. The molecule has 5 heteroatoms. The molecule has 0 saturated carbocycles. The molecule has 90 valence electrons. The average molecular weight is 234 g/mol. The number of anilines is 1. The predicted molar refractivity (Wildman–Crippen MR) is 62.6 cm³/mol. The summed E-state index contributed by atoms with van der Waals surface area (Å²) in [6.45, 7) is 0.392. The molecule has 2 rings (SSSR count). The fraction of sp³-hybridized carbons (Fsp3) is 0.333. The molecule has 17 heavy (non-hydrogen) atoms. The second kappa shape index (κ2) is 4.45. The summed E-state index contributed by atoms with van der Waals surface area (Å²) in [6.07, 6.45) is 0.237. The Kier molecular flexibility index (Phi) is 2.99. The summed E-state index contributed by atoms with van der Waals surface area (Å²) in [5.41, 5.74) is 0.708. The first-order valence-corrected chi connectivity index (χ1v) is 5.43. The molecule has 0 bridgehead atoms. The normalized spacial score (nSPS) is 19.5. The SMILES string of the molecule is CNC(=O)C1CC(=O)N(c2ccc(O)cc2)C1. The number of carbonyl (C=O) groups excluding carboxylic acids is 2. The number of nitrogens with zero attached hydrogens (tertiary/aromatic N) is 1. The standard InChI is InChI=1S/C12H14N2O3/c1-13-12(17)8-6-11(16)14(7-8)9-2-4-10(15)5-3-9/h2-5,8,15H,6-7H2,1H3,(H,13,17). The van der Waals surface area contributed by atoms with Crippen molar-refractivity contribution in [1.29, 1.82) is 0 Å². The molecule has 1 heterocycles. The second-order valence-electron chi connectivity index (χ2n) is 4.04. The first-order chi connectivity index (χ1) is 8.11. The minimum Gasteiger partial charge on any atom is -0.508 e. The van der Waals surface area contributed by atoms with Crippen molar-refractivity contribution in [3.05, 3.63) is 24.3 Å². The van der Waals surface area contributed by atoms with Gasteiger partial charge in [-0.3, -0.25) is 9.59 Å². The van der Waals surface area contributed by atoms with Gasteiger partial charge in [0, 0.05) is 25.7 Å². The smallest absolute Gasteiger partial charge is 0.227 e. The van der Waals surface area contributed by atoms with E-state index in [1.54, 1.807) is 24.1 Å². The van der Waals surface area contributed by atoms with Crippen LogP contribution in [-0.2, 0) is 9.59 Å². The van der Waals surface area contributed by atoms with Gasteiger partial charge in [-0.1, -0.05) is 0 Å². The van der Waals surface area contributed by atoms with Crippen LogP contribution in [0.1, 0.15) is 6.42 Å². The Morgan fingerprint density at radius 2 is 2.06 bits per heavy atom. The zero-order valence-corrected chi connectivity index (χ0v) is 9.51. The number of phenolic OH excluding ortho intramolecular Hbond substituents is 1. The van der Waals surface area contributed by atoms with E-state index in [1.807, 2.05) is 0 Å². The fourth-order valence-corrected chi connectivity index (χ4v) is 1.97. The van der Waals surface area contributed by atoms with Crippen molar-refractivity contribution >= 4 is 17.5 Å². The van der Waals surface area contributed by atoms with Crippen LogP contribution in [0.25, 0.3) is 0 Å². The van der Waals surface area contributed by atoms with Gasteiger partial charge in [-0.05, 0) is 24.3 Å².